The van der Waals surface area contributed by atoms with Gasteiger partial charge in [0.25, 0.3) is 0 Å². The summed E-state index contributed by atoms with van der Waals surface area (Å²) in [7, 11) is 0. The molecule has 0 amide bonds. The lowest BCUT2D eigenvalue weighted by Gasteiger charge is -2.18. The summed E-state index contributed by atoms with van der Waals surface area (Å²) >= 11 is 0. The average Bonchev–Trinajstić information content (AvgIpc) is 3.31. The Labute approximate surface area is 409 Å². The number of carbonyl (C=O) groups excluding carboxylic acids is 3. The second-order valence-corrected chi connectivity index (χ2v) is 18.8. The first-order chi connectivity index (χ1) is 32.5. The Morgan fingerprint density at radius 1 is 0.303 bits per heavy atom. The zero-order chi connectivity index (χ0) is 47.9. The summed E-state index contributed by atoms with van der Waals surface area (Å²) in [6.45, 7) is 6.57. The maximum Gasteiger partial charge on any atom is 0.306 e. The first kappa shape index (κ1) is 63.1. The van der Waals surface area contributed by atoms with Crippen LogP contribution in [0.25, 0.3) is 0 Å². The summed E-state index contributed by atoms with van der Waals surface area (Å²) in [5.74, 6) is -0.904. The lowest BCUT2D eigenvalue weighted by molar-refractivity contribution is -0.167. The van der Waals surface area contributed by atoms with Crippen LogP contribution < -0.4 is 0 Å². The van der Waals surface area contributed by atoms with Crippen LogP contribution in [0.5, 0.6) is 0 Å². The van der Waals surface area contributed by atoms with E-state index in [1.54, 1.807) is 0 Å². The van der Waals surface area contributed by atoms with Gasteiger partial charge in [-0.05, 0) is 103 Å². The smallest absolute Gasteiger partial charge is 0.306 e. The topological polar surface area (TPSA) is 78.9 Å². The molecule has 6 heteroatoms. The van der Waals surface area contributed by atoms with E-state index in [-0.39, 0.29) is 31.1 Å². The maximum atomic E-state index is 12.8. The molecule has 0 aromatic heterocycles. The fourth-order valence-corrected chi connectivity index (χ4v) is 7.90. The molecule has 0 N–H and O–H groups in total. The number of unbranched alkanes of at least 4 members (excludes halogenated alkanes) is 30. The van der Waals surface area contributed by atoms with Crippen LogP contribution in [0.2, 0.25) is 0 Å². The van der Waals surface area contributed by atoms with Crippen molar-refractivity contribution in [1.29, 1.82) is 0 Å². The summed E-state index contributed by atoms with van der Waals surface area (Å²) in [4.78, 5) is 38.1. The summed E-state index contributed by atoms with van der Waals surface area (Å²) in [6, 6.07) is 0. The van der Waals surface area contributed by atoms with Gasteiger partial charge in [0.1, 0.15) is 13.2 Å². The van der Waals surface area contributed by atoms with Crippen molar-refractivity contribution < 1.29 is 28.6 Å². The molecule has 0 bridgehead atoms. The van der Waals surface area contributed by atoms with E-state index in [0.29, 0.717) is 19.3 Å². The highest BCUT2D eigenvalue weighted by molar-refractivity contribution is 5.71. The van der Waals surface area contributed by atoms with Gasteiger partial charge in [0.15, 0.2) is 6.10 Å². The minimum absolute atomic E-state index is 0.0842. The van der Waals surface area contributed by atoms with Crippen molar-refractivity contribution >= 4 is 17.9 Å². The van der Waals surface area contributed by atoms with Gasteiger partial charge in [-0.2, -0.15) is 0 Å². The first-order valence-electron chi connectivity index (χ1n) is 28.3. The van der Waals surface area contributed by atoms with Crippen molar-refractivity contribution in [2.75, 3.05) is 13.2 Å². The number of rotatable bonds is 51. The normalized spacial score (nSPS) is 12.5. The lowest BCUT2D eigenvalue weighted by atomic mass is 10.1. The summed E-state index contributed by atoms with van der Waals surface area (Å²) < 4.78 is 16.8. The Hall–Kier alpha value is -2.89. The van der Waals surface area contributed by atoms with E-state index < -0.39 is 6.10 Å². The molecule has 1 unspecified atom stereocenters. The minimum Gasteiger partial charge on any atom is -0.462 e. The Morgan fingerprint density at radius 2 is 0.561 bits per heavy atom. The van der Waals surface area contributed by atoms with E-state index in [1.165, 1.54) is 148 Å². The maximum absolute atomic E-state index is 12.8. The predicted molar refractivity (Wildman–Crippen MR) is 284 cm³/mol. The van der Waals surface area contributed by atoms with Gasteiger partial charge in [0.05, 0.1) is 0 Å². The van der Waals surface area contributed by atoms with Crippen LogP contribution in [0.4, 0.5) is 0 Å². The number of hydrogen-bond donors (Lipinski definition) is 0. The van der Waals surface area contributed by atoms with Crippen molar-refractivity contribution in [2.45, 2.75) is 290 Å². The van der Waals surface area contributed by atoms with E-state index in [4.69, 9.17) is 14.2 Å². The van der Waals surface area contributed by atoms with Gasteiger partial charge in [-0.15, -0.1) is 0 Å². The van der Waals surface area contributed by atoms with Gasteiger partial charge in [0, 0.05) is 19.3 Å². The number of esters is 3. The molecule has 0 saturated heterocycles. The second kappa shape index (κ2) is 54.7. The number of ether oxygens (including phenoxy) is 3. The first-order valence-corrected chi connectivity index (χ1v) is 28.3. The van der Waals surface area contributed by atoms with Crippen molar-refractivity contribution in [3.05, 3.63) is 60.8 Å². The molecule has 0 aromatic rings. The summed E-state index contributed by atoms with van der Waals surface area (Å²) in [5.41, 5.74) is 0. The van der Waals surface area contributed by atoms with Gasteiger partial charge in [0.2, 0.25) is 0 Å². The fourth-order valence-electron chi connectivity index (χ4n) is 7.90. The molecule has 382 valence electrons. The van der Waals surface area contributed by atoms with E-state index in [2.05, 4.69) is 81.5 Å². The van der Waals surface area contributed by atoms with Crippen LogP contribution >= 0.6 is 0 Å². The zero-order valence-corrected chi connectivity index (χ0v) is 43.7. The van der Waals surface area contributed by atoms with Gasteiger partial charge < -0.3 is 14.2 Å². The minimum atomic E-state index is -0.786. The van der Waals surface area contributed by atoms with E-state index in [0.717, 1.165) is 96.3 Å². The third-order valence-corrected chi connectivity index (χ3v) is 12.2. The van der Waals surface area contributed by atoms with E-state index >= 15 is 0 Å². The van der Waals surface area contributed by atoms with Gasteiger partial charge in [-0.1, -0.05) is 223 Å². The third-order valence-electron chi connectivity index (χ3n) is 12.2. The molecule has 0 aliphatic carbocycles. The van der Waals surface area contributed by atoms with Gasteiger partial charge in [-0.25, -0.2) is 0 Å². The van der Waals surface area contributed by atoms with Crippen molar-refractivity contribution in [1.82, 2.24) is 0 Å². The number of carbonyl (C=O) groups is 3. The quantitative estimate of drug-likeness (QED) is 0.0262. The molecular weight excluding hydrogens is 817 g/mol. The standard InChI is InChI=1S/C60H106O6/c1-4-7-10-13-16-19-22-24-26-28-29-30-31-32-34-35-38-41-44-47-50-53-59(62)65-56-57(55-64-58(61)52-49-46-43-40-37-21-18-15-12-9-6-3)66-60(63)54-51-48-45-42-39-36-33-27-25-23-20-17-14-11-8-5-2/h15,18,20,22-24,27-29,33,57H,4-14,16-17,19,21,25-26,30-32,34-56H2,1-3H3/b18-15-,23-20-,24-22-,29-28-,33-27-. The fraction of sp³-hybridized carbons (Fsp3) is 0.783. The van der Waals surface area contributed by atoms with Crippen molar-refractivity contribution in [3.8, 4) is 0 Å². The molecule has 0 rings (SSSR count). The number of hydrogen-bond acceptors (Lipinski definition) is 6. The van der Waals surface area contributed by atoms with Crippen LogP contribution in [-0.4, -0.2) is 37.2 Å². The summed E-state index contributed by atoms with van der Waals surface area (Å²) in [6.07, 6.45) is 67.8. The molecule has 0 aliphatic heterocycles. The lowest BCUT2D eigenvalue weighted by Crippen LogP contribution is -2.30. The molecule has 0 aliphatic rings. The molecule has 6 nitrogen and oxygen atoms in total. The highest BCUT2D eigenvalue weighted by atomic mass is 16.6. The molecular formula is C60H106O6. The Kier molecular flexibility index (Phi) is 52.3. The molecule has 0 saturated carbocycles. The van der Waals surface area contributed by atoms with Crippen LogP contribution in [0.1, 0.15) is 284 Å². The summed E-state index contributed by atoms with van der Waals surface area (Å²) in [5, 5.41) is 0. The van der Waals surface area contributed by atoms with E-state index in [9.17, 15) is 14.4 Å². The molecule has 1 atom stereocenters. The monoisotopic (exact) mass is 923 g/mol. The zero-order valence-electron chi connectivity index (χ0n) is 43.7. The van der Waals surface area contributed by atoms with Gasteiger partial charge >= 0.3 is 17.9 Å². The molecule has 66 heavy (non-hydrogen) atoms. The molecule has 0 radical (unpaired) electrons. The van der Waals surface area contributed by atoms with Gasteiger partial charge in [-0.3, -0.25) is 14.4 Å². The highest BCUT2D eigenvalue weighted by Crippen LogP contribution is 2.15. The third kappa shape index (κ3) is 52.1. The Morgan fingerprint density at radius 3 is 0.909 bits per heavy atom. The average molecular weight is 924 g/mol. The molecule has 0 heterocycles. The largest absolute Gasteiger partial charge is 0.462 e. The second-order valence-electron chi connectivity index (χ2n) is 18.8. The van der Waals surface area contributed by atoms with Crippen LogP contribution in [0.3, 0.4) is 0 Å². The van der Waals surface area contributed by atoms with Crippen LogP contribution in [0.15, 0.2) is 60.8 Å². The van der Waals surface area contributed by atoms with E-state index in [1.807, 2.05) is 0 Å². The van der Waals surface area contributed by atoms with Crippen LogP contribution in [0, 0.1) is 0 Å². The van der Waals surface area contributed by atoms with Crippen molar-refractivity contribution in [2.24, 2.45) is 0 Å². The highest BCUT2D eigenvalue weighted by Gasteiger charge is 2.19. The van der Waals surface area contributed by atoms with Crippen molar-refractivity contribution in [3.63, 3.8) is 0 Å². The molecule has 0 aromatic carbocycles. The molecule has 0 spiro atoms. The Balaban J connectivity index is 4.34. The Bertz CT molecular complexity index is 1200. The predicted octanol–water partition coefficient (Wildman–Crippen LogP) is 18.8. The van der Waals surface area contributed by atoms with Crippen LogP contribution in [-0.2, 0) is 28.6 Å². The number of allylic oxidation sites excluding steroid dienone is 10. The molecule has 0 fully saturated rings. The SMILES string of the molecule is CCCC/C=C\CCCCCCCC(=O)OCC(COC(=O)CCCCCCCCCCC/C=C\C/C=C\CCCCCCC)OC(=O)CCCCCCC/C=C\C/C=C\CCCCCC.